The smallest absolute Gasteiger partial charge is 0.170 e. The van der Waals surface area contributed by atoms with Gasteiger partial charge in [-0.1, -0.05) is 13.8 Å². The highest BCUT2D eigenvalue weighted by Crippen LogP contribution is 2.14. The third kappa shape index (κ3) is 5.89. The maximum absolute atomic E-state index is 5.25. The van der Waals surface area contributed by atoms with Crippen molar-refractivity contribution in [3.8, 4) is 5.75 Å². The number of rotatable bonds is 7. The first kappa shape index (κ1) is 15.7. The number of nitrogens with zero attached hydrogens (tertiary/aromatic N) is 1. The van der Waals surface area contributed by atoms with Gasteiger partial charge < -0.3 is 20.3 Å². The number of hydrogen-bond donors (Lipinski definition) is 2. The molecule has 0 aliphatic carbocycles. The lowest BCUT2D eigenvalue weighted by molar-refractivity contribution is 0.308. The van der Waals surface area contributed by atoms with Crippen LogP contribution in [0.1, 0.15) is 13.8 Å². The van der Waals surface area contributed by atoms with Crippen LogP contribution in [0.25, 0.3) is 0 Å². The molecule has 2 N–H and O–H groups in total. The molecule has 0 heterocycles. The molecule has 0 amide bonds. The van der Waals surface area contributed by atoms with Crippen LogP contribution >= 0.6 is 12.2 Å². The first-order valence-corrected chi connectivity index (χ1v) is 7.01. The number of ether oxygens (including phenoxy) is 1. The lowest BCUT2D eigenvalue weighted by atomic mass is 10.3. The van der Waals surface area contributed by atoms with Gasteiger partial charge in [0.2, 0.25) is 0 Å². The Morgan fingerprint density at radius 3 is 2.37 bits per heavy atom. The fourth-order valence-corrected chi connectivity index (χ4v) is 1.94. The Bertz CT molecular complexity index is 377. The number of benzene rings is 1. The largest absolute Gasteiger partial charge is 0.497 e. The molecular weight excluding hydrogens is 258 g/mol. The Hall–Kier alpha value is -1.33. The molecule has 0 aromatic heterocycles. The van der Waals surface area contributed by atoms with Crippen molar-refractivity contribution in [3.05, 3.63) is 24.3 Å². The van der Waals surface area contributed by atoms with Gasteiger partial charge in [-0.25, -0.2) is 0 Å². The second-order valence-corrected chi connectivity index (χ2v) is 4.54. The number of nitrogens with one attached hydrogen (secondary N) is 2. The van der Waals surface area contributed by atoms with Crippen molar-refractivity contribution >= 4 is 23.0 Å². The van der Waals surface area contributed by atoms with Crippen LogP contribution in [-0.2, 0) is 0 Å². The van der Waals surface area contributed by atoms with Gasteiger partial charge in [-0.05, 0) is 49.6 Å². The molecule has 0 spiro atoms. The first-order chi connectivity index (χ1) is 9.19. The van der Waals surface area contributed by atoms with Gasteiger partial charge in [0.15, 0.2) is 5.11 Å². The van der Waals surface area contributed by atoms with Crippen molar-refractivity contribution in [2.45, 2.75) is 13.8 Å². The van der Waals surface area contributed by atoms with E-state index in [1.165, 1.54) is 0 Å². The molecule has 1 rings (SSSR count). The van der Waals surface area contributed by atoms with Crippen molar-refractivity contribution < 1.29 is 4.74 Å². The quantitative estimate of drug-likeness (QED) is 0.750. The van der Waals surface area contributed by atoms with E-state index in [-0.39, 0.29) is 0 Å². The number of methoxy groups -OCH3 is 1. The third-order valence-electron chi connectivity index (χ3n) is 2.96. The average Bonchev–Trinajstić information content (AvgIpc) is 2.44. The molecule has 1 aromatic carbocycles. The molecule has 5 heteroatoms. The molecule has 0 radical (unpaired) electrons. The summed E-state index contributed by atoms with van der Waals surface area (Å²) in [7, 11) is 1.65. The van der Waals surface area contributed by atoms with Gasteiger partial charge in [-0.3, -0.25) is 0 Å². The molecule has 0 atom stereocenters. The minimum Gasteiger partial charge on any atom is -0.497 e. The molecule has 1 aromatic rings. The second-order valence-electron chi connectivity index (χ2n) is 4.14. The summed E-state index contributed by atoms with van der Waals surface area (Å²) in [6.07, 6.45) is 0. The molecule has 0 fully saturated rings. The summed E-state index contributed by atoms with van der Waals surface area (Å²) < 4.78 is 5.11. The molecule has 106 valence electrons. The second kappa shape index (κ2) is 8.72. The fourth-order valence-electron chi connectivity index (χ4n) is 1.72. The van der Waals surface area contributed by atoms with Gasteiger partial charge in [-0.15, -0.1) is 0 Å². The molecule has 0 aliphatic heterocycles. The van der Waals surface area contributed by atoms with E-state index in [2.05, 4.69) is 29.4 Å². The predicted octanol–water partition coefficient (Wildman–Crippen LogP) is 2.32. The number of likely N-dealkylation sites (N-methyl/N-ethyl adjacent to an activating group) is 1. The van der Waals surface area contributed by atoms with Gasteiger partial charge in [0.05, 0.1) is 7.11 Å². The first-order valence-electron chi connectivity index (χ1n) is 6.60. The Morgan fingerprint density at radius 1 is 1.21 bits per heavy atom. The lowest BCUT2D eigenvalue weighted by Crippen LogP contribution is -2.36. The zero-order valence-electron chi connectivity index (χ0n) is 11.9. The summed E-state index contributed by atoms with van der Waals surface area (Å²) >= 11 is 5.25. The summed E-state index contributed by atoms with van der Waals surface area (Å²) in [5, 5.41) is 7.01. The van der Waals surface area contributed by atoms with Gasteiger partial charge in [0, 0.05) is 18.8 Å². The van der Waals surface area contributed by atoms with E-state index in [4.69, 9.17) is 17.0 Å². The highest BCUT2D eigenvalue weighted by Gasteiger charge is 2.00. The summed E-state index contributed by atoms with van der Waals surface area (Å²) in [6.45, 7) is 8.31. The summed E-state index contributed by atoms with van der Waals surface area (Å²) in [5.41, 5.74) is 0.959. The Labute approximate surface area is 121 Å². The van der Waals surface area contributed by atoms with E-state index in [1.54, 1.807) is 7.11 Å². The molecule has 19 heavy (non-hydrogen) atoms. The SMILES string of the molecule is CCN(CC)CCNC(=S)Nc1ccc(OC)cc1. The van der Waals surface area contributed by atoms with E-state index in [0.717, 1.165) is 37.6 Å². The number of thiocarbonyl (C=S) groups is 1. The van der Waals surface area contributed by atoms with Gasteiger partial charge in [0.25, 0.3) is 0 Å². The zero-order valence-corrected chi connectivity index (χ0v) is 12.7. The van der Waals surface area contributed by atoms with Crippen LogP contribution in [0.15, 0.2) is 24.3 Å². The zero-order chi connectivity index (χ0) is 14.1. The molecule has 0 unspecified atom stereocenters. The van der Waals surface area contributed by atoms with Crippen LogP contribution in [0, 0.1) is 0 Å². The monoisotopic (exact) mass is 281 g/mol. The van der Waals surface area contributed by atoms with E-state index < -0.39 is 0 Å². The minimum absolute atomic E-state index is 0.650. The molecule has 0 saturated heterocycles. The number of anilines is 1. The standard InChI is InChI=1S/C14H23N3OS/c1-4-17(5-2)11-10-15-14(19)16-12-6-8-13(18-3)9-7-12/h6-9H,4-5,10-11H2,1-3H3,(H2,15,16,19). The van der Waals surface area contributed by atoms with Crippen LogP contribution in [0.3, 0.4) is 0 Å². The Balaban J connectivity index is 2.30. The maximum Gasteiger partial charge on any atom is 0.170 e. The van der Waals surface area contributed by atoms with Crippen molar-refractivity contribution in [2.24, 2.45) is 0 Å². The summed E-state index contributed by atoms with van der Waals surface area (Å²) in [6, 6.07) is 7.69. The molecule has 0 bridgehead atoms. The highest BCUT2D eigenvalue weighted by molar-refractivity contribution is 7.80. The van der Waals surface area contributed by atoms with Crippen molar-refractivity contribution in [1.82, 2.24) is 10.2 Å². The average molecular weight is 281 g/mol. The third-order valence-corrected chi connectivity index (χ3v) is 3.20. The van der Waals surface area contributed by atoms with Crippen LogP contribution < -0.4 is 15.4 Å². The van der Waals surface area contributed by atoms with Crippen LogP contribution in [0.5, 0.6) is 5.75 Å². The molecule has 0 aliphatic rings. The van der Waals surface area contributed by atoms with Crippen LogP contribution in [0.2, 0.25) is 0 Å². The van der Waals surface area contributed by atoms with Gasteiger partial charge >= 0.3 is 0 Å². The van der Waals surface area contributed by atoms with Gasteiger partial charge in [-0.2, -0.15) is 0 Å². The van der Waals surface area contributed by atoms with E-state index >= 15 is 0 Å². The minimum atomic E-state index is 0.650. The summed E-state index contributed by atoms with van der Waals surface area (Å²) in [4.78, 5) is 2.35. The molecule has 0 saturated carbocycles. The Morgan fingerprint density at radius 2 is 1.84 bits per heavy atom. The Kier molecular flexibility index (Phi) is 7.22. The number of hydrogen-bond acceptors (Lipinski definition) is 3. The van der Waals surface area contributed by atoms with Crippen molar-refractivity contribution in [2.75, 3.05) is 38.6 Å². The summed E-state index contributed by atoms with van der Waals surface area (Å²) in [5.74, 6) is 0.839. The van der Waals surface area contributed by atoms with Crippen molar-refractivity contribution in [3.63, 3.8) is 0 Å². The van der Waals surface area contributed by atoms with Crippen LogP contribution in [-0.4, -0.2) is 43.3 Å². The van der Waals surface area contributed by atoms with E-state index in [9.17, 15) is 0 Å². The predicted molar refractivity (Wildman–Crippen MR) is 85.0 cm³/mol. The van der Waals surface area contributed by atoms with E-state index in [0.29, 0.717) is 5.11 Å². The normalized spacial score (nSPS) is 10.3. The van der Waals surface area contributed by atoms with Crippen molar-refractivity contribution in [1.29, 1.82) is 0 Å². The molecular formula is C14H23N3OS. The molecule has 4 nitrogen and oxygen atoms in total. The maximum atomic E-state index is 5.25. The van der Waals surface area contributed by atoms with Gasteiger partial charge in [0.1, 0.15) is 5.75 Å². The lowest BCUT2D eigenvalue weighted by Gasteiger charge is -2.19. The highest BCUT2D eigenvalue weighted by atomic mass is 32.1. The fraction of sp³-hybridized carbons (Fsp3) is 0.500. The van der Waals surface area contributed by atoms with Crippen LogP contribution in [0.4, 0.5) is 5.69 Å². The van der Waals surface area contributed by atoms with E-state index in [1.807, 2.05) is 24.3 Å². The topological polar surface area (TPSA) is 36.5 Å².